The Bertz CT molecular complexity index is 589. The molecule has 21 heavy (non-hydrogen) atoms. The van der Waals surface area contributed by atoms with Crippen LogP contribution in [0.1, 0.15) is 31.0 Å². The Morgan fingerprint density at radius 3 is 2.76 bits per heavy atom. The van der Waals surface area contributed by atoms with Crippen LogP contribution in [0.25, 0.3) is 0 Å². The van der Waals surface area contributed by atoms with Gasteiger partial charge in [0.15, 0.2) is 0 Å². The van der Waals surface area contributed by atoms with Gasteiger partial charge in [0.1, 0.15) is 11.6 Å². The zero-order valence-corrected chi connectivity index (χ0v) is 12.2. The monoisotopic (exact) mass is 289 g/mol. The molecule has 1 heterocycles. The van der Waals surface area contributed by atoms with E-state index in [1.54, 1.807) is 18.5 Å². The van der Waals surface area contributed by atoms with E-state index in [0.717, 1.165) is 11.1 Å². The number of nitrogens with zero attached hydrogens (tertiary/aromatic N) is 1. The number of hydrogen-bond acceptors (Lipinski definition) is 4. The van der Waals surface area contributed by atoms with Crippen molar-refractivity contribution in [3.8, 4) is 5.75 Å². The summed E-state index contributed by atoms with van der Waals surface area (Å²) in [6, 6.07) is 8.23. The van der Waals surface area contributed by atoms with Crippen molar-refractivity contribution in [3.63, 3.8) is 0 Å². The minimum atomic E-state index is -0.252. The highest BCUT2D eigenvalue weighted by atomic mass is 19.1. The molecule has 1 aromatic carbocycles. The molecule has 2 aromatic rings. The number of benzene rings is 1. The molecule has 0 saturated carbocycles. The van der Waals surface area contributed by atoms with E-state index >= 15 is 0 Å². The number of rotatable bonds is 6. The quantitative estimate of drug-likeness (QED) is 0.634. The highest BCUT2D eigenvalue weighted by Gasteiger charge is 2.13. The Kier molecular flexibility index (Phi) is 5.25. The summed E-state index contributed by atoms with van der Waals surface area (Å²) in [5, 5.41) is 0. The van der Waals surface area contributed by atoms with Crippen molar-refractivity contribution in [2.24, 2.45) is 5.84 Å². The van der Waals surface area contributed by atoms with Crippen LogP contribution in [0, 0.1) is 5.82 Å². The SMILES string of the molecule is CC(C)Oc1cncc(C(Cc2cccc(F)c2)NN)c1. The molecular formula is C16H20FN3O. The Labute approximate surface area is 124 Å². The standard InChI is InChI=1S/C16H20FN3O/c1-11(2)21-15-8-13(9-19-10-15)16(20-18)7-12-4-3-5-14(17)6-12/h3-6,8-11,16,20H,7,18H2,1-2H3. The predicted molar refractivity (Wildman–Crippen MR) is 80.2 cm³/mol. The van der Waals surface area contributed by atoms with Crippen LogP contribution in [-0.4, -0.2) is 11.1 Å². The van der Waals surface area contributed by atoms with Crippen molar-refractivity contribution in [2.75, 3.05) is 0 Å². The fourth-order valence-electron chi connectivity index (χ4n) is 2.14. The lowest BCUT2D eigenvalue weighted by Crippen LogP contribution is -2.29. The van der Waals surface area contributed by atoms with Crippen LogP contribution >= 0.6 is 0 Å². The van der Waals surface area contributed by atoms with E-state index in [0.29, 0.717) is 12.2 Å². The molecule has 4 nitrogen and oxygen atoms in total. The van der Waals surface area contributed by atoms with E-state index in [-0.39, 0.29) is 18.0 Å². The average Bonchev–Trinajstić information content (AvgIpc) is 2.44. The van der Waals surface area contributed by atoms with Crippen molar-refractivity contribution < 1.29 is 9.13 Å². The molecule has 1 aromatic heterocycles. The fourth-order valence-corrected chi connectivity index (χ4v) is 2.14. The highest BCUT2D eigenvalue weighted by molar-refractivity contribution is 5.28. The van der Waals surface area contributed by atoms with Gasteiger partial charge in [-0.1, -0.05) is 12.1 Å². The molecule has 0 aliphatic carbocycles. The lowest BCUT2D eigenvalue weighted by atomic mass is 10.0. The van der Waals surface area contributed by atoms with Crippen molar-refractivity contribution in [1.82, 2.24) is 10.4 Å². The summed E-state index contributed by atoms with van der Waals surface area (Å²) in [6.07, 6.45) is 4.05. The van der Waals surface area contributed by atoms with Crippen LogP contribution in [0.15, 0.2) is 42.7 Å². The van der Waals surface area contributed by atoms with Gasteiger partial charge in [-0.25, -0.2) is 4.39 Å². The molecule has 0 bridgehead atoms. The third-order valence-electron chi connectivity index (χ3n) is 3.04. The van der Waals surface area contributed by atoms with Gasteiger partial charge in [-0.15, -0.1) is 0 Å². The summed E-state index contributed by atoms with van der Waals surface area (Å²) in [4.78, 5) is 4.17. The maximum atomic E-state index is 13.2. The van der Waals surface area contributed by atoms with Gasteiger partial charge in [0.2, 0.25) is 0 Å². The molecule has 0 aliphatic rings. The second kappa shape index (κ2) is 7.15. The van der Waals surface area contributed by atoms with Gasteiger partial charge < -0.3 is 4.74 Å². The summed E-state index contributed by atoms with van der Waals surface area (Å²) in [5.41, 5.74) is 4.52. The van der Waals surface area contributed by atoms with Gasteiger partial charge in [-0.05, 0) is 49.6 Å². The number of halogens is 1. The Balaban J connectivity index is 2.17. The van der Waals surface area contributed by atoms with Crippen LogP contribution in [0.2, 0.25) is 0 Å². The number of nitrogens with two attached hydrogens (primary N) is 1. The van der Waals surface area contributed by atoms with Gasteiger partial charge in [-0.2, -0.15) is 0 Å². The maximum absolute atomic E-state index is 13.2. The fraction of sp³-hybridized carbons (Fsp3) is 0.312. The van der Waals surface area contributed by atoms with E-state index in [1.165, 1.54) is 12.1 Å². The van der Waals surface area contributed by atoms with E-state index in [4.69, 9.17) is 10.6 Å². The number of nitrogens with one attached hydrogen (secondary N) is 1. The lowest BCUT2D eigenvalue weighted by molar-refractivity contribution is 0.241. The zero-order valence-electron chi connectivity index (χ0n) is 12.2. The first-order chi connectivity index (χ1) is 10.1. The molecule has 0 aliphatic heterocycles. The molecule has 0 radical (unpaired) electrons. The molecule has 0 saturated heterocycles. The maximum Gasteiger partial charge on any atom is 0.138 e. The molecule has 0 spiro atoms. The summed E-state index contributed by atoms with van der Waals surface area (Å²) >= 11 is 0. The molecule has 0 amide bonds. The first kappa shape index (κ1) is 15.4. The Morgan fingerprint density at radius 1 is 1.29 bits per heavy atom. The summed E-state index contributed by atoms with van der Waals surface area (Å²) < 4.78 is 18.9. The highest BCUT2D eigenvalue weighted by Crippen LogP contribution is 2.22. The summed E-state index contributed by atoms with van der Waals surface area (Å²) in [5.74, 6) is 6.07. The van der Waals surface area contributed by atoms with Gasteiger partial charge in [0.25, 0.3) is 0 Å². The molecule has 1 atom stereocenters. The normalized spacial score (nSPS) is 12.4. The molecule has 2 rings (SSSR count). The van der Waals surface area contributed by atoms with Gasteiger partial charge in [-0.3, -0.25) is 16.3 Å². The minimum absolute atomic E-state index is 0.0783. The Hall–Kier alpha value is -1.98. The molecule has 3 N–H and O–H groups in total. The second-order valence-electron chi connectivity index (χ2n) is 5.17. The zero-order chi connectivity index (χ0) is 15.2. The van der Waals surface area contributed by atoms with E-state index in [9.17, 15) is 4.39 Å². The summed E-state index contributed by atoms with van der Waals surface area (Å²) in [7, 11) is 0. The van der Waals surface area contributed by atoms with E-state index in [1.807, 2.05) is 26.0 Å². The van der Waals surface area contributed by atoms with E-state index < -0.39 is 0 Å². The van der Waals surface area contributed by atoms with Crippen molar-refractivity contribution in [1.29, 1.82) is 0 Å². The van der Waals surface area contributed by atoms with Gasteiger partial charge >= 0.3 is 0 Å². The topological polar surface area (TPSA) is 60.2 Å². The number of pyridine rings is 1. The lowest BCUT2D eigenvalue weighted by Gasteiger charge is -2.17. The van der Waals surface area contributed by atoms with Crippen LogP contribution in [0.4, 0.5) is 4.39 Å². The first-order valence-electron chi connectivity index (χ1n) is 6.90. The predicted octanol–water partition coefficient (Wildman–Crippen LogP) is 2.75. The molecule has 1 unspecified atom stereocenters. The second-order valence-corrected chi connectivity index (χ2v) is 5.17. The van der Waals surface area contributed by atoms with Crippen LogP contribution in [-0.2, 0) is 6.42 Å². The van der Waals surface area contributed by atoms with E-state index in [2.05, 4.69) is 10.4 Å². The smallest absolute Gasteiger partial charge is 0.138 e. The van der Waals surface area contributed by atoms with Crippen molar-refractivity contribution >= 4 is 0 Å². The minimum Gasteiger partial charge on any atom is -0.489 e. The number of aromatic nitrogens is 1. The summed E-state index contributed by atoms with van der Waals surface area (Å²) in [6.45, 7) is 3.91. The average molecular weight is 289 g/mol. The Morgan fingerprint density at radius 2 is 2.10 bits per heavy atom. The number of hydrogen-bond donors (Lipinski definition) is 2. The van der Waals surface area contributed by atoms with Gasteiger partial charge in [0, 0.05) is 6.20 Å². The van der Waals surface area contributed by atoms with Gasteiger partial charge in [0.05, 0.1) is 18.3 Å². The third-order valence-corrected chi connectivity index (χ3v) is 3.04. The van der Waals surface area contributed by atoms with Crippen molar-refractivity contribution in [2.45, 2.75) is 32.4 Å². The van der Waals surface area contributed by atoms with Crippen LogP contribution in [0.5, 0.6) is 5.75 Å². The largest absolute Gasteiger partial charge is 0.489 e. The molecule has 112 valence electrons. The van der Waals surface area contributed by atoms with Crippen LogP contribution < -0.4 is 16.0 Å². The van der Waals surface area contributed by atoms with Crippen LogP contribution in [0.3, 0.4) is 0 Å². The molecule has 5 heteroatoms. The number of ether oxygens (including phenoxy) is 1. The molecular weight excluding hydrogens is 269 g/mol. The first-order valence-corrected chi connectivity index (χ1v) is 6.90. The number of hydrazine groups is 1. The van der Waals surface area contributed by atoms with Crippen molar-refractivity contribution in [3.05, 3.63) is 59.7 Å². The third kappa shape index (κ3) is 4.51. The molecule has 0 fully saturated rings.